The van der Waals surface area contributed by atoms with Crippen LogP contribution in [0.15, 0.2) is 11.4 Å². The maximum absolute atomic E-state index is 5.52. The van der Waals surface area contributed by atoms with E-state index in [1.54, 1.807) is 11.3 Å². The van der Waals surface area contributed by atoms with Crippen molar-refractivity contribution in [2.75, 3.05) is 13.2 Å². The molecule has 1 heterocycles. The van der Waals surface area contributed by atoms with Crippen LogP contribution in [0.2, 0.25) is 0 Å². The molecule has 0 aliphatic rings. The van der Waals surface area contributed by atoms with E-state index in [9.17, 15) is 0 Å². The van der Waals surface area contributed by atoms with Gasteiger partial charge in [0, 0.05) is 18.1 Å². The molecule has 1 rings (SSSR count). The maximum Gasteiger partial charge on any atom is 0.0577 e. The van der Waals surface area contributed by atoms with E-state index in [0.29, 0.717) is 0 Å². The van der Waals surface area contributed by atoms with Crippen molar-refractivity contribution in [1.82, 2.24) is 5.43 Å². The van der Waals surface area contributed by atoms with E-state index in [-0.39, 0.29) is 6.04 Å². The lowest BCUT2D eigenvalue weighted by Crippen LogP contribution is -2.28. The van der Waals surface area contributed by atoms with Crippen LogP contribution in [0.25, 0.3) is 0 Å². The summed E-state index contributed by atoms with van der Waals surface area (Å²) in [4.78, 5) is 1.31. The highest BCUT2D eigenvalue weighted by Crippen LogP contribution is 2.25. The average Bonchev–Trinajstić information content (AvgIpc) is 2.60. The Balaban J connectivity index is 2.50. The summed E-state index contributed by atoms with van der Waals surface area (Å²) in [6.45, 7) is 5.63. The third-order valence-electron chi connectivity index (χ3n) is 2.17. The highest BCUT2D eigenvalue weighted by atomic mass is 32.1. The fraction of sp³-hybridized carbons (Fsp3) is 0.600. The van der Waals surface area contributed by atoms with Gasteiger partial charge in [-0.1, -0.05) is 0 Å². The second kappa shape index (κ2) is 6.14. The average molecular weight is 214 g/mol. The Bertz CT molecular complexity index is 262. The normalized spacial score (nSPS) is 13.1. The minimum absolute atomic E-state index is 0.224. The fourth-order valence-corrected chi connectivity index (χ4v) is 2.40. The van der Waals surface area contributed by atoms with Crippen LogP contribution in [-0.4, -0.2) is 13.2 Å². The largest absolute Gasteiger partial charge is 0.382 e. The molecule has 0 aliphatic carbocycles. The van der Waals surface area contributed by atoms with Crippen molar-refractivity contribution in [3.05, 3.63) is 21.9 Å². The van der Waals surface area contributed by atoms with E-state index in [2.05, 4.69) is 23.8 Å². The third kappa shape index (κ3) is 3.06. The first-order valence-corrected chi connectivity index (χ1v) is 5.75. The van der Waals surface area contributed by atoms with Crippen molar-refractivity contribution >= 4 is 11.3 Å². The lowest BCUT2D eigenvalue weighted by Gasteiger charge is -2.15. The molecular weight excluding hydrogens is 196 g/mol. The summed E-state index contributed by atoms with van der Waals surface area (Å²) < 4.78 is 5.31. The smallest absolute Gasteiger partial charge is 0.0577 e. The van der Waals surface area contributed by atoms with Crippen molar-refractivity contribution in [1.29, 1.82) is 0 Å². The predicted octanol–water partition coefficient (Wildman–Crippen LogP) is 1.99. The highest BCUT2D eigenvalue weighted by molar-refractivity contribution is 7.10. The Morgan fingerprint density at radius 1 is 1.64 bits per heavy atom. The molecule has 1 aromatic rings. The van der Waals surface area contributed by atoms with Crippen LogP contribution in [-0.2, 0) is 4.74 Å². The van der Waals surface area contributed by atoms with Crippen molar-refractivity contribution in [2.45, 2.75) is 26.3 Å². The van der Waals surface area contributed by atoms with Gasteiger partial charge < -0.3 is 4.74 Å². The van der Waals surface area contributed by atoms with Crippen LogP contribution in [0.4, 0.5) is 0 Å². The van der Waals surface area contributed by atoms with Crippen LogP contribution < -0.4 is 11.3 Å². The molecule has 0 spiro atoms. The zero-order chi connectivity index (χ0) is 10.4. The second-order valence-electron chi connectivity index (χ2n) is 3.17. The first-order chi connectivity index (χ1) is 6.79. The summed E-state index contributed by atoms with van der Waals surface area (Å²) in [5.74, 6) is 5.52. The highest BCUT2D eigenvalue weighted by Gasteiger charge is 2.12. The first kappa shape index (κ1) is 11.7. The summed E-state index contributed by atoms with van der Waals surface area (Å²) in [6.07, 6.45) is 0.922. The second-order valence-corrected chi connectivity index (χ2v) is 4.12. The van der Waals surface area contributed by atoms with Gasteiger partial charge >= 0.3 is 0 Å². The lowest BCUT2D eigenvalue weighted by atomic mass is 10.1. The molecule has 1 atom stereocenters. The number of nitrogens with one attached hydrogen (secondary N) is 1. The monoisotopic (exact) mass is 214 g/mol. The van der Waals surface area contributed by atoms with Crippen molar-refractivity contribution in [3.63, 3.8) is 0 Å². The first-order valence-electron chi connectivity index (χ1n) is 4.87. The molecule has 0 saturated carbocycles. The molecule has 0 saturated heterocycles. The summed E-state index contributed by atoms with van der Waals surface area (Å²) in [7, 11) is 0. The molecule has 14 heavy (non-hydrogen) atoms. The van der Waals surface area contributed by atoms with Gasteiger partial charge in [0.15, 0.2) is 0 Å². The Hall–Kier alpha value is -0.420. The minimum Gasteiger partial charge on any atom is -0.382 e. The third-order valence-corrected chi connectivity index (χ3v) is 3.31. The van der Waals surface area contributed by atoms with Gasteiger partial charge in [0.05, 0.1) is 6.04 Å². The van der Waals surface area contributed by atoms with E-state index >= 15 is 0 Å². The van der Waals surface area contributed by atoms with E-state index in [1.165, 1.54) is 10.4 Å². The SMILES string of the molecule is CCOCCC(NN)c1sccc1C. The van der Waals surface area contributed by atoms with Gasteiger partial charge in [0.25, 0.3) is 0 Å². The number of nitrogens with two attached hydrogens (primary N) is 1. The summed E-state index contributed by atoms with van der Waals surface area (Å²) in [5.41, 5.74) is 4.14. The predicted molar refractivity (Wildman–Crippen MR) is 60.2 cm³/mol. The lowest BCUT2D eigenvalue weighted by molar-refractivity contribution is 0.136. The number of hydrogen-bond donors (Lipinski definition) is 2. The van der Waals surface area contributed by atoms with Crippen LogP contribution in [0.1, 0.15) is 29.8 Å². The Labute approximate surface area is 89.2 Å². The van der Waals surface area contributed by atoms with Crippen LogP contribution >= 0.6 is 11.3 Å². The molecule has 0 radical (unpaired) electrons. The Morgan fingerprint density at radius 3 is 2.93 bits per heavy atom. The zero-order valence-corrected chi connectivity index (χ0v) is 9.56. The molecule has 3 N–H and O–H groups in total. The Morgan fingerprint density at radius 2 is 2.43 bits per heavy atom. The van der Waals surface area contributed by atoms with Crippen molar-refractivity contribution in [3.8, 4) is 0 Å². The molecule has 0 amide bonds. The van der Waals surface area contributed by atoms with Gasteiger partial charge in [-0.25, -0.2) is 0 Å². The maximum atomic E-state index is 5.52. The molecule has 80 valence electrons. The molecule has 0 aliphatic heterocycles. The van der Waals surface area contributed by atoms with Gasteiger partial charge in [0.2, 0.25) is 0 Å². The molecule has 0 aromatic carbocycles. The van der Waals surface area contributed by atoms with Gasteiger partial charge in [-0.15, -0.1) is 11.3 Å². The van der Waals surface area contributed by atoms with Gasteiger partial charge in [0.1, 0.15) is 0 Å². The van der Waals surface area contributed by atoms with Crippen molar-refractivity contribution in [2.24, 2.45) is 5.84 Å². The Kier molecular flexibility index (Phi) is 5.11. The van der Waals surface area contributed by atoms with Crippen molar-refractivity contribution < 1.29 is 4.74 Å². The summed E-state index contributed by atoms with van der Waals surface area (Å²) in [6, 6.07) is 2.34. The molecule has 1 aromatic heterocycles. The number of rotatable bonds is 6. The zero-order valence-electron chi connectivity index (χ0n) is 8.75. The molecule has 1 unspecified atom stereocenters. The topological polar surface area (TPSA) is 47.3 Å². The molecule has 0 bridgehead atoms. The fourth-order valence-electron chi connectivity index (χ4n) is 1.38. The summed E-state index contributed by atoms with van der Waals surface area (Å²) in [5, 5.41) is 2.09. The number of aryl methyl sites for hydroxylation is 1. The van der Waals surface area contributed by atoms with E-state index in [0.717, 1.165) is 19.6 Å². The molecule has 4 heteroatoms. The number of hydrogen-bond acceptors (Lipinski definition) is 4. The van der Waals surface area contributed by atoms with Gasteiger partial charge in [-0.2, -0.15) is 0 Å². The van der Waals surface area contributed by atoms with E-state index < -0.39 is 0 Å². The summed E-state index contributed by atoms with van der Waals surface area (Å²) >= 11 is 1.74. The van der Waals surface area contributed by atoms with Crippen LogP contribution in [0.3, 0.4) is 0 Å². The van der Waals surface area contributed by atoms with Crippen LogP contribution in [0.5, 0.6) is 0 Å². The number of thiophene rings is 1. The van der Waals surface area contributed by atoms with E-state index in [4.69, 9.17) is 10.6 Å². The van der Waals surface area contributed by atoms with E-state index in [1.807, 2.05) is 6.92 Å². The number of hydrazine groups is 1. The van der Waals surface area contributed by atoms with Gasteiger partial charge in [-0.05, 0) is 37.3 Å². The molecule has 0 fully saturated rings. The standard InChI is InChI=1S/C10H18N2OS/c1-3-13-6-4-9(12-11)10-8(2)5-7-14-10/h5,7,9,12H,3-4,6,11H2,1-2H3. The van der Waals surface area contributed by atoms with Crippen LogP contribution in [0, 0.1) is 6.92 Å². The molecule has 3 nitrogen and oxygen atoms in total. The number of ether oxygens (including phenoxy) is 1. The minimum atomic E-state index is 0.224. The molecular formula is C10H18N2OS. The quantitative estimate of drug-likeness (QED) is 0.432. The van der Waals surface area contributed by atoms with Gasteiger partial charge in [-0.3, -0.25) is 11.3 Å².